The second-order valence-electron chi connectivity index (χ2n) is 11.6. The van der Waals surface area contributed by atoms with Gasteiger partial charge in [-0.25, -0.2) is 4.68 Å². The molecule has 1 aromatic heterocycles. The van der Waals surface area contributed by atoms with Gasteiger partial charge in [-0.2, -0.15) is 5.10 Å². The average Bonchev–Trinajstić information content (AvgIpc) is 3.52. The highest BCUT2D eigenvalue weighted by Gasteiger charge is 2.40. The number of amides is 2. The number of hydrogen-bond acceptors (Lipinski definition) is 5. The van der Waals surface area contributed by atoms with Crippen molar-refractivity contribution in [1.82, 2.24) is 15.1 Å². The maximum Gasteiger partial charge on any atom is 0.240 e. The van der Waals surface area contributed by atoms with Crippen molar-refractivity contribution in [1.29, 1.82) is 0 Å². The molecule has 2 aromatic carbocycles. The summed E-state index contributed by atoms with van der Waals surface area (Å²) in [6, 6.07) is 16.6. The Morgan fingerprint density at radius 3 is 2.56 bits per heavy atom. The fourth-order valence-electron chi connectivity index (χ4n) is 5.27. The zero-order chi connectivity index (χ0) is 27.7. The third-order valence-electron chi connectivity index (χ3n) is 7.28. The summed E-state index contributed by atoms with van der Waals surface area (Å²) in [7, 11) is 0. The van der Waals surface area contributed by atoms with Gasteiger partial charge in [-0.15, -0.1) is 11.8 Å². The number of carbonyl (C=O) groups excluding carboxylic acids is 2. The predicted molar refractivity (Wildman–Crippen MR) is 157 cm³/mol. The van der Waals surface area contributed by atoms with Crippen LogP contribution < -0.4 is 10.2 Å². The summed E-state index contributed by atoms with van der Waals surface area (Å²) in [5, 5.41) is 8.07. The van der Waals surface area contributed by atoms with E-state index in [4.69, 9.17) is 9.84 Å². The summed E-state index contributed by atoms with van der Waals surface area (Å²) < 4.78 is 7.55. The maximum atomic E-state index is 13.8. The Hall–Kier alpha value is -3.10. The molecule has 2 aliphatic heterocycles. The van der Waals surface area contributed by atoms with Crippen molar-refractivity contribution in [3.8, 4) is 5.69 Å². The second kappa shape index (κ2) is 11.2. The van der Waals surface area contributed by atoms with Crippen LogP contribution in [0.1, 0.15) is 66.8 Å². The summed E-state index contributed by atoms with van der Waals surface area (Å²) in [5.74, 6) is 0.650. The molecule has 0 aliphatic carbocycles. The first-order valence-corrected chi connectivity index (χ1v) is 14.7. The first-order chi connectivity index (χ1) is 18.6. The summed E-state index contributed by atoms with van der Waals surface area (Å²) in [6.07, 6.45) is 1.99. The molecular weight excluding hydrogens is 508 g/mol. The van der Waals surface area contributed by atoms with E-state index < -0.39 is 0 Å². The summed E-state index contributed by atoms with van der Waals surface area (Å²) >= 11 is 1.61. The van der Waals surface area contributed by atoms with E-state index in [-0.39, 0.29) is 40.9 Å². The molecule has 1 saturated heterocycles. The number of carbonyl (C=O) groups is 2. The zero-order valence-corrected chi connectivity index (χ0v) is 24.3. The van der Waals surface area contributed by atoms with Crippen molar-refractivity contribution in [3.63, 3.8) is 0 Å². The number of ether oxygens (including phenoxy) is 1. The van der Waals surface area contributed by atoms with E-state index in [1.54, 1.807) is 16.7 Å². The summed E-state index contributed by atoms with van der Waals surface area (Å²) in [4.78, 5) is 28.6. The second-order valence-corrected chi connectivity index (χ2v) is 12.7. The lowest BCUT2D eigenvalue weighted by Crippen LogP contribution is -2.44. The van der Waals surface area contributed by atoms with Crippen LogP contribution in [0.3, 0.4) is 0 Å². The van der Waals surface area contributed by atoms with Gasteiger partial charge in [-0.3, -0.25) is 14.5 Å². The van der Waals surface area contributed by atoms with Gasteiger partial charge in [-0.1, -0.05) is 68.3 Å². The number of aryl methyl sites for hydroxylation is 2. The van der Waals surface area contributed by atoms with Gasteiger partial charge in [0.2, 0.25) is 11.8 Å². The molecule has 0 spiro atoms. The summed E-state index contributed by atoms with van der Waals surface area (Å²) in [6.45, 7) is 11.7. The molecule has 0 radical (unpaired) electrons. The van der Waals surface area contributed by atoms with Crippen molar-refractivity contribution in [2.45, 2.75) is 64.2 Å². The quantitative estimate of drug-likeness (QED) is 0.457. The molecule has 0 unspecified atom stereocenters. The minimum Gasteiger partial charge on any atom is -0.376 e. The first kappa shape index (κ1) is 27.5. The number of nitrogens with one attached hydrogen (secondary N) is 1. The highest BCUT2D eigenvalue weighted by atomic mass is 32.2. The molecule has 1 fully saturated rings. The number of benzene rings is 2. The number of hydrogen-bond donors (Lipinski definition) is 1. The lowest BCUT2D eigenvalue weighted by molar-refractivity contribution is -0.123. The van der Waals surface area contributed by atoms with Crippen molar-refractivity contribution in [2.75, 3.05) is 30.3 Å². The highest BCUT2D eigenvalue weighted by molar-refractivity contribution is 8.00. The third-order valence-corrected chi connectivity index (χ3v) is 8.53. The number of nitrogens with zero attached hydrogens (tertiary/aromatic N) is 3. The summed E-state index contributed by atoms with van der Waals surface area (Å²) in [5.41, 5.74) is 5.94. The molecule has 8 heteroatoms. The fourth-order valence-corrected chi connectivity index (χ4v) is 6.46. The first-order valence-electron chi connectivity index (χ1n) is 13.7. The molecule has 39 heavy (non-hydrogen) atoms. The van der Waals surface area contributed by atoms with Crippen LogP contribution in [0.2, 0.25) is 0 Å². The smallest absolute Gasteiger partial charge is 0.240 e. The van der Waals surface area contributed by atoms with Gasteiger partial charge < -0.3 is 10.1 Å². The molecule has 7 nitrogen and oxygen atoms in total. The molecule has 3 aromatic rings. The lowest BCUT2D eigenvalue weighted by atomic mass is 9.87. The predicted octanol–water partition coefficient (Wildman–Crippen LogP) is 5.25. The van der Waals surface area contributed by atoms with Gasteiger partial charge in [-0.05, 0) is 44.4 Å². The number of fused-ring (bicyclic) bond motifs is 1. The normalized spacial score (nSPS) is 19.6. The number of thioether (sulfide) groups is 1. The average molecular weight is 547 g/mol. The third kappa shape index (κ3) is 5.92. The molecule has 2 aliphatic rings. The number of aromatic nitrogens is 2. The standard InChI is InChI=1S/C31H38N4O3S/c1-20-11-13-23(14-12-20)35-30-27(29(33-35)31(3,4)5)28(22-9-6-8-21(2)16-22)39-19-26(37)34(30)18-25(36)32-17-24-10-7-15-38-24/h6,8-9,11-14,16,24,28H,7,10,15,17-19H2,1-5H3,(H,32,36)/t24-,28+/m0/s1. The molecule has 2 amide bonds. The van der Waals surface area contributed by atoms with Crippen LogP contribution in [0, 0.1) is 13.8 Å². The molecule has 1 N–H and O–H groups in total. The minimum atomic E-state index is -0.288. The van der Waals surface area contributed by atoms with Crippen LogP contribution in [0.5, 0.6) is 0 Å². The Kier molecular flexibility index (Phi) is 7.87. The van der Waals surface area contributed by atoms with Crippen LogP contribution in [0.25, 0.3) is 5.69 Å². The van der Waals surface area contributed by atoms with E-state index in [0.717, 1.165) is 47.5 Å². The fraction of sp³-hybridized carbons (Fsp3) is 0.452. The van der Waals surface area contributed by atoms with E-state index >= 15 is 0 Å². The minimum absolute atomic E-state index is 0.0381. The van der Waals surface area contributed by atoms with Crippen LogP contribution in [-0.4, -0.2) is 53.1 Å². The molecule has 0 saturated carbocycles. The van der Waals surface area contributed by atoms with Gasteiger partial charge in [0.1, 0.15) is 12.4 Å². The monoisotopic (exact) mass is 546 g/mol. The SMILES string of the molecule is Cc1ccc(-n2nc(C(C)(C)C)c3c2N(CC(=O)NC[C@@H]2CCCO2)C(=O)CS[C@@H]3c2cccc(C)c2)cc1. The van der Waals surface area contributed by atoms with E-state index in [1.807, 2.05) is 35.9 Å². The molecule has 206 valence electrons. The van der Waals surface area contributed by atoms with E-state index in [0.29, 0.717) is 12.4 Å². The Morgan fingerprint density at radius 2 is 1.90 bits per heavy atom. The Labute approximate surface area is 235 Å². The highest BCUT2D eigenvalue weighted by Crippen LogP contribution is 2.48. The van der Waals surface area contributed by atoms with Gasteiger partial charge in [0.25, 0.3) is 0 Å². The van der Waals surface area contributed by atoms with Crippen molar-refractivity contribution in [3.05, 3.63) is 76.5 Å². The van der Waals surface area contributed by atoms with Crippen LogP contribution in [-0.2, 0) is 19.7 Å². The van der Waals surface area contributed by atoms with Crippen LogP contribution in [0.15, 0.2) is 48.5 Å². The van der Waals surface area contributed by atoms with Gasteiger partial charge >= 0.3 is 0 Å². The Morgan fingerprint density at radius 1 is 1.13 bits per heavy atom. The topological polar surface area (TPSA) is 76.5 Å². The van der Waals surface area contributed by atoms with Gasteiger partial charge in [0.15, 0.2) is 0 Å². The van der Waals surface area contributed by atoms with Crippen molar-refractivity contribution >= 4 is 29.4 Å². The van der Waals surface area contributed by atoms with E-state index in [2.05, 4.69) is 57.3 Å². The molecule has 0 bridgehead atoms. The number of anilines is 1. The van der Waals surface area contributed by atoms with Gasteiger partial charge in [0, 0.05) is 24.1 Å². The van der Waals surface area contributed by atoms with Crippen LogP contribution >= 0.6 is 11.8 Å². The Bertz CT molecular complexity index is 1350. The molecule has 2 atom stereocenters. The maximum absolute atomic E-state index is 13.8. The molecule has 3 heterocycles. The molecular formula is C31H38N4O3S. The van der Waals surface area contributed by atoms with Crippen molar-refractivity contribution in [2.24, 2.45) is 0 Å². The van der Waals surface area contributed by atoms with E-state index in [1.165, 1.54) is 5.56 Å². The lowest BCUT2D eigenvalue weighted by Gasteiger charge is -2.25. The van der Waals surface area contributed by atoms with Crippen LogP contribution in [0.4, 0.5) is 5.82 Å². The number of rotatable bonds is 6. The Balaban J connectivity index is 1.65. The van der Waals surface area contributed by atoms with Crippen molar-refractivity contribution < 1.29 is 14.3 Å². The van der Waals surface area contributed by atoms with Gasteiger partial charge in [0.05, 0.1) is 28.5 Å². The van der Waals surface area contributed by atoms with E-state index in [9.17, 15) is 9.59 Å². The zero-order valence-electron chi connectivity index (χ0n) is 23.5. The molecule has 5 rings (SSSR count). The largest absolute Gasteiger partial charge is 0.376 e.